The molecular weight excluding hydrogens is 244 g/mol. The normalized spacial score (nSPS) is 12.8. The summed E-state index contributed by atoms with van der Waals surface area (Å²) >= 11 is 5.76. The number of hydrogen-bond acceptors (Lipinski definition) is 3. The van der Waals surface area contributed by atoms with Gasteiger partial charge in [0.05, 0.1) is 18.6 Å². The molecule has 16 heavy (non-hydrogen) atoms. The molecule has 7 heteroatoms. The Labute approximate surface area is 98.2 Å². The van der Waals surface area contributed by atoms with Crippen LogP contribution in [0.4, 0.5) is 8.78 Å². The zero-order chi connectivity index (χ0) is 12.4. The van der Waals surface area contributed by atoms with E-state index in [1.807, 2.05) is 0 Å². The zero-order valence-electron chi connectivity index (χ0n) is 9.05. The minimum Gasteiger partial charge on any atom is -0.383 e. The van der Waals surface area contributed by atoms with E-state index < -0.39 is 13.0 Å². The first-order chi connectivity index (χ1) is 7.56. The lowest BCUT2D eigenvalue weighted by Gasteiger charge is -2.09. The molecule has 96 valence electrons. The van der Waals surface area contributed by atoms with Crippen molar-refractivity contribution in [3.05, 3.63) is 0 Å². The maximum absolute atomic E-state index is 11.6. The van der Waals surface area contributed by atoms with Crippen molar-refractivity contribution in [1.82, 2.24) is 5.32 Å². The van der Waals surface area contributed by atoms with E-state index in [4.69, 9.17) is 16.3 Å². The second kappa shape index (κ2) is 9.74. The predicted molar refractivity (Wildman–Crippen MR) is 56.0 cm³/mol. The third kappa shape index (κ3) is 10.1. The van der Waals surface area contributed by atoms with Crippen LogP contribution >= 0.6 is 11.6 Å². The van der Waals surface area contributed by atoms with Gasteiger partial charge >= 0.3 is 0 Å². The van der Waals surface area contributed by atoms with Crippen molar-refractivity contribution < 1.29 is 23.0 Å². The van der Waals surface area contributed by atoms with Crippen LogP contribution in [0.1, 0.15) is 6.42 Å². The number of carbonyl (C=O) groups excluding carboxylic acids is 1. The third-order valence-corrected chi connectivity index (χ3v) is 1.87. The first kappa shape index (κ1) is 15.5. The molecule has 0 aliphatic heterocycles. The van der Waals surface area contributed by atoms with Crippen LogP contribution in [0.3, 0.4) is 0 Å². The zero-order valence-corrected chi connectivity index (χ0v) is 9.80. The van der Waals surface area contributed by atoms with Gasteiger partial charge < -0.3 is 14.8 Å². The SMILES string of the molecule is COCC(Cl)CNC(=O)CCOCC(F)F. The second-order valence-corrected chi connectivity index (χ2v) is 3.69. The van der Waals surface area contributed by atoms with Gasteiger partial charge in [-0.15, -0.1) is 11.6 Å². The Hall–Kier alpha value is -0.460. The van der Waals surface area contributed by atoms with Crippen LogP contribution in [0.15, 0.2) is 0 Å². The summed E-state index contributed by atoms with van der Waals surface area (Å²) < 4.78 is 32.6. The Bertz CT molecular complexity index is 196. The number of halogens is 3. The summed E-state index contributed by atoms with van der Waals surface area (Å²) in [6, 6.07) is 0. The first-order valence-corrected chi connectivity index (χ1v) is 5.25. The molecule has 0 fully saturated rings. The van der Waals surface area contributed by atoms with Gasteiger partial charge in [-0.3, -0.25) is 4.79 Å². The summed E-state index contributed by atoms with van der Waals surface area (Å²) in [6.07, 6.45) is -2.46. The molecule has 1 N–H and O–H groups in total. The second-order valence-electron chi connectivity index (χ2n) is 3.07. The minimum atomic E-state index is -2.50. The maximum Gasteiger partial charge on any atom is 0.261 e. The monoisotopic (exact) mass is 259 g/mol. The molecule has 0 heterocycles. The number of methoxy groups -OCH3 is 1. The lowest BCUT2D eigenvalue weighted by atomic mass is 10.4. The molecule has 0 aromatic rings. The van der Waals surface area contributed by atoms with Crippen molar-refractivity contribution in [1.29, 1.82) is 0 Å². The molecule has 1 unspecified atom stereocenters. The van der Waals surface area contributed by atoms with Gasteiger partial charge in [-0.25, -0.2) is 8.78 Å². The highest BCUT2D eigenvalue weighted by Gasteiger charge is 2.07. The molecule has 0 bridgehead atoms. The number of amides is 1. The quantitative estimate of drug-likeness (QED) is 0.497. The van der Waals surface area contributed by atoms with E-state index in [2.05, 4.69) is 10.1 Å². The Balaban J connectivity index is 3.37. The highest BCUT2D eigenvalue weighted by molar-refractivity contribution is 6.21. The van der Waals surface area contributed by atoms with E-state index in [1.54, 1.807) is 0 Å². The van der Waals surface area contributed by atoms with Gasteiger partial charge in [0.1, 0.15) is 6.61 Å². The van der Waals surface area contributed by atoms with E-state index in [9.17, 15) is 13.6 Å². The van der Waals surface area contributed by atoms with Gasteiger partial charge in [0, 0.05) is 20.1 Å². The lowest BCUT2D eigenvalue weighted by Crippen LogP contribution is -2.32. The summed E-state index contributed by atoms with van der Waals surface area (Å²) in [5.74, 6) is -0.281. The van der Waals surface area contributed by atoms with Gasteiger partial charge in [0.25, 0.3) is 6.43 Å². The molecule has 0 radical (unpaired) electrons. The smallest absolute Gasteiger partial charge is 0.261 e. The van der Waals surface area contributed by atoms with Crippen molar-refractivity contribution in [2.24, 2.45) is 0 Å². The fraction of sp³-hybridized carbons (Fsp3) is 0.889. The highest BCUT2D eigenvalue weighted by Crippen LogP contribution is 1.95. The Morgan fingerprint density at radius 2 is 2.12 bits per heavy atom. The molecule has 0 rings (SSSR count). The number of ether oxygens (including phenoxy) is 2. The van der Waals surface area contributed by atoms with E-state index in [0.29, 0.717) is 6.61 Å². The van der Waals surface area contributed by atoms with Crippen LogP contribution in [-0.2, 0) is 14.3 Å². The molecule has 0 saturated heterocycles. The average molecular weight is 260 g/mol. The fourth-order valence-electron chi connectivity index (χ4n) is 0.890. The summed E-state index contributed by atoms with van der Waals surface area (Å²) in [6.45, 7) is -0.0463. The topological polar surface area (TPSA) is 47.6 Å². The van der Waals surface area contributed by atoms with Crippen molar-refractivity contribution in [3.8, 4) is 0 Å². The lowest BCUT2D eigenvalue weighted by molar-refractivity contribution is -0.122. The van der Waals surface area contributed by atoms with Crippen molar-refractivity contribution in [2.75, 3.05) is 33.5 Å². The van der Waals surface area contributed by atoms with Crippen LogP contribution < -0.4 is 5.32 Å². The highest BCUT2D eigenvalue weighted by atomic mass is 35.5. The first-order valence-electron chi connectivity index (χ1n) is 4.81. The van der Waals surface area contributed by atoms with Crippen LogP contribution in [0.2, 0.25) is 0 Å². The average Bonchev–Trinajstić information content (AvgIpc) is 2.22. The van der Waals surface area contributed by atoms with Gasteiger partial charge in [0.2, 0.25) is 5.91 Å². The summed E-state index contributed by atoms with van der Waals surface area (Å²) in [7, 11) is 1.51. The standard InChI is InChI=1S/C9H16ClF2NO3/c1-15-5-7(10)4-13-9(14)2-3-16-6-8(11)12/h7-8H,2-6H2,1H3,(H,13,14). The Kier molecular flexibility index (Phi) is 9.46. The van der Waals surface area contributed by atoms with E-state index in [0.717, 1.165) is 0 Å². The van der Waals surface area contributed by atoms with Crippen molar-refractivity contribution in [3.63, 3.8) is 0 Å². The van der Waals surface area contributed by atoms with E-state index in [-0.39, 0.29) is 30.9 Å². The minimum absolute atomic E-state index is 0.0204. The third-order valence-electron chi connectivity index (χ3n) is 1.59. The van der Waals surface area contributed by atoms with Crippen LogP contribution in [-0.4, -0.2) is 51.2 Å². The Morgan fingerprint density at radius 1 is 1.44 bits per heavy atom. The van der Waals surface area contributed by atoms with Crippen molar-refractivity contribution in [2.45, 2.75) is 18.2 Å². The molecule has 4 nitrogen and oxygen atoms in total. The summed E-state index contributed by atoms with van der Waals surface area (Å²) in [5, 5.41) is 2.24. The van der Waals surface area contributed by atoms with Crippen molar-refractivity contribution >= 4 is 17.5 Å². The predicted octanol–water partition coefficient (Wildman–Crippen LogP) is 1.03. The molecule has 1 amide bonds. The van der Waals surface area contributed by atoms with Gasteiger partial charge in [0.15, 0.2) is 0 Å². The Morgan fingerprint density at radius 3 is 2.69 bits per heavy atom. The number of hydrogen-bond donors (Lipinski definition) is 1. The molecule has 0 spiro atoms. The summed E-state index contributed by atoms with van der Waals surface area (Å²) in [5.41, 5.74) is 0. The molecule has 0 aliphatic carbocycles. The molecule has 0 saturated carbocycles. The number of rotatable bonds is 9. The van der Waals surface area contributed by atoms with E-state index >= 15 is 0 Å². The molecule has 0 aliphatic rings. The van der Waals surface area contributed by atoms with Gasteiger partial charge in [-0.1, -0.05) is 0 Å². The maximum atomic E-state index is 11.6. The van der Waals surface area contributed by atoms with Crippen LogP contribution in [0.25, 0.3) is 0 Å². The van der Waals surface area contributed by atoms with Gasteiger partial charge in [-0.2, -0.15) is 0 Å². The van der Waals surface area contributed by atoms with Crippen LogP contribution in [0, 0.1) is 0 Å². The van der Waals surface area contributed by atoms with E-state index in [1.165, 1.54) is 7.11 Å². The number of carbonyl (C=O) groups is 1. The molecule has 0 aromatic carbocycles. The molecule has 1 atom stereocenters. The molecular formula is C9H16ClF2NO3. The molecule has 0 aromatic heterocycles. The fourth-order valence-corrected chi connectivity index (χ4v) is 1.09. The van der Waals surface area contributed by atoms with Crippen LogP contribution in [0.5, 0.6) is 0 Å². The number of nitrogens with one attached hydrogen (secondary N) is 1. The number of alkyl halides is 3. The van der Waals surface area contributed by atoms with Gasteiger partial charge in [-0.05, 0) is 0 Å². The largest absolute Gasteiger partial charge is 0.383 e. The summed E-state index contributed by atoms with van der Waals surface area (Å²) in [4.78, 5) is 11.1.